The lowest BCUT2D eigenvalue weighted by atomic mass is 9.90. The number of aliphatic hydroxyl groups excluding tert-OH is 4. The Kier molecular flexibility index (Phi) is 11.4. The Balaban J connectivity index is 0.946. The highest BCUT2D eigenvalue weighted by atomic mass is 35.5. The molecule has 4 heterocycles. The monoisotopic (exact) mass is 739 g/mol. The maximum atomic E-state index is 15.7. The zero-order chi connectivity index (χ0) is 37.3. The number of fused-ring (bicyclic) bond motifs is 2. The van der Waals surface area contributed by atoms with Crippen LogP contribution >= 0.6 is 11.6 Å². The van der Waals surface area contributed by atoms with Crippen LogP contribution in [0.4, 0.5) is 8.63 Å². The number of unbranched alkanes of at least 4 members (excludes halogenated alkanes) is 1. The van der Waals surface area contributed by atoms with E-state index in [1.54, 1.807) is 61.4 Å². The molecular formula is C38H45BClF2N3O7. The average molecular weight is 740 g/mol. The van der Waals surface area contributed by atoms with Gasteiger partial charge in [-0.05, 0) is 85.3 Å². The topological polar surface area (TPSA) is 128 Å². The molecule has 5 atom stereocenters. The van der Waals surface area contributed by atoms with E-state index in [1.165, 1.54) is 0 Å². The molecule has 0 unspecified atom stereocenters. The first-order valence-electron chi connectivity index (χ1n) is 17.6. The number of hydrogen-bond donors (Lipinski definition) is 4. The summed E-state index contributed by atoms with van der Waals surface area (Å²) >= 11 is 6.49. The second kappa shape index (κ2) is 15.6. The molecule has 6 rings (SSSR count). The number of ether oxygens (including phenoxy) is 2. The quantitative estimate of drug-likeness (QED) is 0.150. The Bertz CT molecular complexity index is 1900. The molecule has 2 aromatic carbocycles. The van der Waals surface area contributed by atoms with E-state index < -0.39 is 44.1 Å². The van der Waals surface area contributed by atoms with Gasteiger partial charge in [0.1, 0.15) is 42.0 Å². The van der Waals surface area contributed by atoms with Crippen molar-refractivity contribution in [3.8, 4) is 5.75 Å². The average Bonchev–Trinajstić information content (AvgIpc) is 3.67. The van der Waals surface area contributed by atoms with E-state index in [0.717, 1.165) is 32.1 Å². The highest BCUT2D eigenvalue weighted by Gasteiger charge is 2.52. The van der Waals surface area contributed by atoms with Crippen molar-refractivity contribution in [3.63, 3.8) is 0 Å². The number of benzene rings is 2. The fourth-order valence-corrected chi connectivity index (χ4v) is 7.48. The van der Waals surface area contributed by atoms with Crippen LogP contribution in [0.15, 0.2) is 66.4 Å². The number of aryl methyl sites for hydroxylation is 2. The molecule has 0 saturated carbocycles. The predicted molar refractivity (Wildman–Crippen MR) is 195 cm³/mol. The fourth-order valence-electron chi connectivity index (χ4n) is 7.30. The minimum atomic E-state index is -4.05. The summed E-state index contributed by atoms with van der Waals surface area (Å²) in [5.74, 6) is 0.591. The van der Waals surface area contributed by atoms with Crippen molar-refractivity contribution in [1.82, 2.24) is 9.38 Å². The SMILES string of the molecule is Cc1cc(C)n2c1C=C1C=CC(CCC(=O)N(C)CCCCOc3ccc(Cc4cc([C@@H]5O[C@H](CO)[C@@H](O)[C@H](O)[C@H]5O)ccc4Cl)cc3)=[N+]1[B-]2(F)F. The normalized spacial score (nSPS) is 23.3. The van der Waals surface area contributed by atoms with Gasteiger partial charge >= 0.3 is 6.97 Å². The van der Waals surface area contributed by atoms with Crippen LogP contribution in [-0.4, -0.2) is 104 Å². The molecule has 14 heteroatoms. The third-order valence-corrected chi connectivity index (χ3v) is 10.6. The summed E-state index contributed by atoms with van der Waals surface area (Å²) < 4.78 is 45.2. The Labute approximate surface area is 306 Å². The van der Waals surface area contributed by atoms with Gasteiger partial charge in [-0.2, -0.15) is 0 Å². The highest BCUT2D eigenvalue weighted by Crippen LogP contribution is 2.36. The zero-order valence-electron chi connectivity index (χ0n) is 29.5. The van der Waals surface area contributed by atoms with Crippen LogP contribution in [0.2, 0.25) is 5.02 Å². The molecule has 52 heavy (non-hydrogen) atoms. The van der Waals surface area contributed by atoms with Crippen molar-refractivity contribution in [1.29, 1.82) is 0 Å². The number of allylic oxidation sites excluding steroid dienone is 2. The maximum Gasteiger partial charge on any atom is 0.737 e. The number of carbonyl (C=O) groups is 1. The van der Waals surface area contributed by atoms with Gasteiger partial charge in [-0.15, -0.1) is 0 Å². The first-order valence-corrected chi connectivity index (χ1v) is 18.0. The number of halogens is 3. The van der Waals surface area contributed by atoms with Crippen LogP contribution in [0.3, 0.4) is 0 Å². The van der Waals surface area contributed by atoms with E-state index in [0.29, 0.717) is 65.1 Å². The van der Waals surface area contributed by atoms with Gasteiger partial charge in [0.2, 0.25) is 5.91 Å². The molecule has 0 aliphatic carbocycles. The van der Waals surface area contributed by atoms with Crippen LogP contribution in [0.1, 0.15) is 65.4 Å². The number of carbonyl (C=O) groups excluding carboxylic acids is 1. The lowest BCUT2D eigenvalue weighted by Crippen LogP contribution is -2.55. The molecule has 10 nitrogen and oxygen atoms in total. The second-order valence-corrected chi connectivity index (χ2v) is 14.3. The molecule has 1 amide bonds. The number of aliphatic hydroxyl groups is 4. The molecule has 0 bridgehead atoms. The summed E-state index contributed by atoms with van der Waals surface area (Å²) in [6, 6.07) is 14.5. The summed E-state index contributed by atoms with van der Waals surface area (Å²) in [7, 11) is 1.73. The molecule has 1 aromatic heterocycles. The Morgan fingerprint density at radius 2 is 1.79 bits per heavy atom. The number of rotatable bonds is 13. The van der Waals surface area contributed by atoms with Gasteiger partial charge in [0.05, 0.1) is 13.2 Å². The lowest BCUT2D eigenvalue weighted by Gasteiger charge is -2.40. The van der Waals surface area contributed by atoms with E-state index in [9.17, 15) is 25.2 Å². The number of hydrogen-bond acceptors (Lipinski definition) is 7. The van der Waals surface area contributed by atoms with Gasteiger partial charge in [-0.3, -0.25) is 4.79 Å². The van der Waals surface area contributed by atoms with Crippen molar-refractivity contribution in [2.45, 2.75) is 76.5 Å². The fraction of sp³-hybridized carbons (Fsp3) is 0.421. The smallest absolute Gasteiger partial charge is 0.494 e. The molecule has 0 radical (unpaired) electrons. The first-order chi connectivity index (χ1) is 24.8. The van der Waals surface area contributed by atoms with E-state index >= 15 is 8.63 Å². The summed E-state index contributed by atoms with van der Waals surface area (Å²) in [5, 5.41) is 40.9. The van der Waals surface area contributed by atoms with Gasteiger partial charge in [0.25, 0.3) is 0 Å². The first kappa shape index (κ1) is 37.9. The molecular weight excluding hydrogens is 695 g/mol. The molecule has 4 N–H and O–H groups in total. The Morgan fingerprint density at radius 3 is 2.52 bits per heavy atom. The standard InChI is InChI=1S/C38H45BClF2N3O7/c1-23-18-24(2)44-32(23)21-29-10-9-28(45(29)39(44,41)42)11-15-34(47)43(3)16-4-5-17-51-30-12-6-25(7-13-30)19-27-20-26(8-14-31(27)40)38-37(50)36(49)35(48)33(22-46)52-38/h6-10,12-14,18,20-21,33,35-38,46,48-50H,4-5,11,15-17,19,22H2,1-3H3/t33-,35-,36+,37-,38+/m1/s1. The van der Waals surface area contributed by atoms with Crippen LogP contribution in [0.5, 0.6) is 5.75 Å². The summed E-state index contributed by atoms with van der Waals surface area (Å²) in [6.45, 7) is -0.0558. The van der Waals surface area contributed by atoms with Crippen LogP contribution in [0, 0.1) is 13.8 Å². The van der Waals surface area contributed by atoms with Crippen LogP contribution in [-0.2, 0) is 16.0 Å². The minimum absolute atomic E-state index is 0.102. The molecule has 1 saturated heterocycles. The molecule has 3 aliphatic heterocycles. The minimum Gasteiger partial charge on any atom is -0.494 e. The largest absolute Gasteiger partial charge is 0.737 e. The van der Waals surface area contributed by atoms with Crippen molar-refractivity contribution >= 4 is 36.3 Å². The van der Waals surface area contributed by atoms with E-state index in [2.05, 4.69) is 0 Å². The van der Waals surface area contributed by atoms with E-state index in [4.69, 9.17) is 21.1 Å². The van der Waals surface area contributed by atoms with Gasteiger partial charge in [-0.25, -0.2) is 0 Å². The van der Waals surface area contributed by atoms with Crippen LogP contribution in [0.25, 0.3) is 6.08 Å². The lowest BCUT2D eigenvalue weighted by molar-refractivity contribution is -0.362. The molecule has 0 spiro atoms. The third kappa shape index (κ3) is 7.62. The summed E-state index contributed by atoms with van der Waals surface area (Å²) in [6.07, 6.45) is 1.19. The summed E-state index contributed by atoms with van der Waals surface area (Å²) in [5.41, 5.74) is 5.04. The molecule has 1 fully saturated rings. The maximum absolute atomic E-state index is 15.7. The van der Waals surface area contributed by atoms with Crippen LogP contribution < -0.4 is 4.74 Å². The van der Waals surface area contributed by atoms with Crippen molar-refractivity contribution in [2.24, 2.45) is 0 Å². The van der Waals surface area contributed by atoms with Crippen molar-refractivity contribution in [2.75, 3.05) is 26.8 Å². The van der Waals surface area contributed by atoms with E-state index in [-0.39, 0.29) is 18.7 Å². The number of nitrogens with zero attached hydrogens (tertiary/aromatic N) is 3. The van der Waals surface area contributed by atoms with Gasteiger partial charge in [-0.1, -0.05) is 35.9 Å². The number of amides is 1. The summed E-state index contributed by atoms with van der Waals surface area (Å²) in [4.78, 5) is 14.5. The third-order valence-electron chi connectivity index (χ3n) is 10.2. The predicted octanol–water partition coefficient (Wildman–Crippen LogP) is 4.56. The Morgan fingerprint density at radius 1 is 1.04 bits per heavy atom. The van der Waals surface area contributed by atoms with E-state index in [1.807, 2.05) is 31.2 Å². The highest BCUT2D eigenvalue weighted by molar-refractivity contribution is 6.58. The van der Waals surface area contributed by atoms with Crippen molar-refractivity contribution < 1.29 is 47.8 Å². The van der Waals surface area contributed by atoms with Gasteiger partial charge < -0.3 is 52.4 Å². The van der Waals surface area contributed by atoms with Gasteiger partial charge in [0, 0.05) is 55.4 Å². The molecule has 278 valence electrons. The Hall–Kier alpha value is -3.85. The molecule has 3 aromatic rings. The number of aromatic nitrogens is 1. The second-order valence-electron chi connectivity index (χ2n) is 13.9. The zero-order valence-corrected chi connectivity index (χ0v) is 30.2. The van der Waals surface area contributed by atoms with Gasteiger partial charge in [0.15, 0.2) is 5.70 Å². The molecule has 3 aliphatic rings. The van der Waals surface area contributed by atoms with Crippen molar-refractivity contribution in [3.05, 3.63) is 105 Å².